The van der Waals surface area contributed by atoms with Crippen LogP contribution in [0.2, 0.25) is 5.02 Å². The zero-order valence-corrected chi connectivity index (χ0v) is 15.4. The van der Waals surface area contributed by atoms with Crippen molar-refractivity contribution in [2.45, 2.75) is 25.4 Å². The summed E-state index contributed by atoms with van der Waals surface area (Å²) in [7, 11) is 0. The van der Waals surface area contributed by atoms with Gasteiger partial charge in [-0.3, -0.25) is 4.79 Å². The lowest BCUT2D eigenvalue weighted by atomic mass is 9.87. The molecule has 0 spiro atoms. The van der Waals surface area contributed by atoms with E-state index in [4.69, 9.17) is 11.6 Å². The maximum atomic E-state index is 12.2. The molecule has 3 rings (SSSR count). The van der Waals surface area contributed by atoms with Gasteiger partial charge in [0.15, 0.2) is 0 Å². The van der Waals surface area contributed by atoms with E-state index in [0.29, 0.717) is 11.4 Å². The molecule has 0 saturated carbocycles. The predicted molar refractivity (Wildman–Crippen MR) is 99.6 cm³/mol. The molecule has 2 saturated heterocycles. The second-order valence-electron chi connectivity index (χ2n) is 7.06. The van der Waals surface area contributed by atoms with E-state index in [1.165, 1.54) is 0 Å². The number of rotatable bonds is 5. The molecule has 0 bridgehead atoms. The summed E-state index contributed by atoms with van der Waals surface area (Å²) in [6.07, 6.45) is 2.10. The van der Waals surface area contributed by atoms with E-state index in [9.17, 15) is 9.90 Å². The number of carbonyl (C=O) groups is 1. The van der Waals surface area contributed by atoms with Gasteiger partial charge in [-0.15, -0.1) is 0 Å². The van der Waals surface area contributed by atoms with Crippen molar-refractivity contribution in [2.75, 3.05) is 45.8 Å². The molecule has 2 heterocycles. The molecule has 1 unspecified atom stereocenters. The number of nitrogens with zero attached hydrogens (tertiary/aromatic N) is 2. The minimum Gasteiger partial charge on any atom is -0.388 e. The average molecular weight is 366 g/mol. The van der Waals surface area contributed by atoms with Gasteiger partial charge in [-0.1, -0.05) is 23.7 Å². The summed E-state index contributed by atoms with van der Waals surface area (Å²) < 4.78 is 0. The first-order valence-corrected chi connectivity index (χ1v) is 9.65. The number of piperidine rings is 1. The molecule has 6 heteroatoms. The molecule has 1 aromatic rings. The number of carbonyl (C=O) groups excluding carboxylic acids is 1. The lowest BCUT2D eigenvalue weighted by Crippen LogP contribution is -2.47. The topological polar surface area (TPSA) is 55.8 Å². The van der Waals surface area contributed by atoms with Crippen LogP contribution in [0.3, 0.4) is 0 Å². The molecule has 1 amide bonds. The number of likely N-dealkylation sites (tertiary alicyclic amines) is 1. The quantitative estimate of drug-likeness (QED) is 0.837. The number of hydrogen-bond donors (Lipinski definition) is 2. The number of aliphatic hydroxyl groups is 1. The Morgan fingerprint density at radius 1 is 1.16 bits per heavy atom. The maximum absolute atomic E-state index is 12.2. The molecule has 1 atom stereocenters. The summed E-state index contributed by atoms with van der Waals surface area (Å²) in [5.74, 6) is 0.547. The van der Waals surface area contributed by atoms with Gasteiger partial charge in [-0.05, 0) is 49.5 Å². The minimum atomic E-state index is -0.429. The molecule has 5 nitrogen and oxygen atoms in total. The van der Waals surface area contributed by atoms with E-state index in [-0.39, 0.29) is 11.8 Å². The average Bonchev–Trinajstić information content (AvgIpc) is 2.67. The molecule has 2 aliphatic rings. The fourth-order valence-corrected chi connectivity index (χ4v) is 3.88. The largest absolute Gasteiger partial charge is 0.388 e. The highest BCUT2D eigenvalue weighted by atomic mass is 35.5. The lowest BCUT2D eigenvalue weighted by Gasteiger charge is -2.35. The van der Waals surface area contributed by atoms with Crippen LogP contribution in [0, 0.1) is 5.92 Å². The Labute approximate surface area is 154 Å². The standard InChI is InChI=1S/C19H28ClN3O2/c20-17-3-1-15(2-4-17)19(25)16-5-10-22(11-6-16)12-7-18(24)23-13-8-21-9-14-23/h1-4,16,19,21,25H,5-14H2. The fourth-order valence-electron chi connectivity index (χ4n) is 3.75. The summed E-state index contributed by atoms with van der Waals surface area (Å²) in [5.41, 5.74) is 0.941. The minimum absolute atomic E-state index is 0.268. The van der Waals surface area contributed by atoms with Crippen molar-refractivity contribution in [1.29, 1.82) is 0 Å². The summed E-state index contributed by atoms with van der Waals surface area (Å²) in [5, 5.41) is 14.5. The predicted octanol–water partition coefficient (Wildman–Crippen LogP) is 1.91. The Morgan fingerprint density at radius 3 is 2.44 bits per heavy atom. The van der Waals surface area contributed by atoms with Crippen LogP contribution < -0.4 is 5.32 Å². The van der Waals surface area contributed by atoms with Gasteiger partial charge in [-0.2, -0.15) is 0 Å². The van der Waals surface area contributed by atoms with E-state index in [0.717, 1.165) is 64.2 Å². The van der Waals surface area contributed by atoms with Crippen molar-refractivity contribution in [1.82, 2.24) is 15.1 Å². The van der Waals surface area contributed by atoms with Gasteiger partial charge in [-0.25, -0.2) is 0 Å². The van der Waals surface area contributed by atoms with E-state index in [2.05, 4.69) is 10.2 Å². The van der Waals surface area contributed by atoms with E-state index in [1.807, 2.05) is 29.2 Å². The van der Waals surface area contributed by atoms with Crippen molar-refractivity contribution in [3.8, 4) is 0 Å². The number of aliphatic hydroxyl groups excluding tert-OH is 1. The van der Waals surface area contributed by atoms with E-state index < -0.39 is 6.10 Å². The van der Waals surface area contributed by atoms with Crippen LogP contribution in [0.1, 0.15) is 30.9 Å². The SMILES string of the molecule is O=C(CCN1CCC(C(O)c2ccc(Cl)cc2)CC1)N1CCNCC1. The normalized spacial score (nSPS) is 21.3. The van der Waals surface area contributed by atoms with Crippen molar-refractivity contribution in [2.24, 2.45) is 5.92 Å². The highest BCUT2D eigenvalue weighted by Gasteiger charge is 2.26. The maximum Gasteiger partial charge on any atom is 0.223 e. The molecule has 2 aliphatic heterocycles. The zero-order chi connectivity index (χ0) is 17.6. The van der Waals surface area contributed by atoms with Crippen LogP contribution in [0.15, 0.2) is 24.3 Å². The van der Waals surface area contributed by atoms with E-state index in [1.54, 1.807) is 0 Å². The Bertz CT molecular complexity index is 552. The third-order valence-corrected chi connectivity index (χ3v) is 5.65. The first kappa shape index (κ1) is 18.6. The molecule has 1 aromatic carbocycles. The second kappa shape index (κ2) is 8.99. The van der Waals surface area contributed by atoms with Crippen molar-refractivity contribution in [3.63, 3.8) is 0 Å². The molecular formula is C19H28ClN3O2. The molecule has 25 heavy (non-hydrogen) atoms. The Kier molecular flexibility index (Phi) is 6.70. The number of benzene rings is 1. The summed E-state index contributed by atoms with van der Waals surface area (Å²) in [6.45, 7) is 6.18. The third kappa shape index (κ3) is 5.17. The smallest absolute Gasteiger partial charge is 0.223 e. The Morgan fingerprint density at radius 2 is 1.80 bits per heavy atom. The molecule has 0 aromatic heterocycles. The Hall–Kier alpha value is -1.14. The van der Waals surface area contributed by atoms with E-state index >= 15 is 0 Å². The van der Waals surface area contributed by atoms with Gasteiger partial charge < -0.3 is 20.2 Å². The van der Waals surface area contributed by atoms with Crippen LogP contribution in [0.4, 0.5) is 0 Å². The van der Waals surface area contributed by atoms with Gasteiger partial charge in [0, 0.05) is 44.2 Å². The number of piperazine rings is 1. The third-order valence-electron chi connectivity index (χ3n) is 5.40. The number of amides is 1. The molecule has 2 N–H and O–H groups in total. The fraction of sp³-hybridized carbons (Fsp3) is 0.632. The van der Waals surface area contributed by atoms with Crippen LogP contribution >= 0.6 is 11.6 Å². The molecule has 2 fully saturated rings. The highest BCUT2D eigenvalue weighted by molar-refractivity contribution is 6.30. The van der Waals surface area contributed by atoms with Gasteiger partial charge in [0.2, 0.25) is 5.91 Å². The lowest BCUT2D eigenvalue weighted by molar-refractivity contribution is -0.132. The van der Waals surface area contributed by atoms with Crippen LogP contribution in [-0.4, -0.2) is 66.6 Å². The van der Waals surface area contributed by atoms with Crippen LogP contribution in [0.25, 0.3) is 0 Å². The summed E-state index contributed by atoms with van der Waals surface area (Å²) >= 11 is 5.91. The summed E-state index contributed by atoms with van der Waals surface area (Å²) in [4.78, 5) is 16.6. The Balaban J connectivity index is 1.40. The van der Waals surface area contributed by atoms with Crippen LogP contribution in [-0.2, 0) is 4.79 Å². The van der Waals surface area contributed by atoms with Gasteiger partial charge in [0.1, 0.15) is 0 Å². The monoisotopic (exact) mass is 365 g/mol. The second-order valence-corrected chi connectivity index (χ2v) is 7.49. The van der Waals surface area contributed by atoms with Crippen LogP contribution in [0.5, 0.6) is 0 Å². The van der Waals surface area contributed by atoms with Gasteiger partial charge >= 0.3 is 0 Å². The zero-order valence-electron chi connectivity index (χ0n) is 14.7. The van der Waals surface area contributed by atoms with Gasteiger partial charge in [0.25, 0.3) is 0 Å². The number of hydrogen-bond acceptors (Lipinski definition) is 4. The number of nitrogens with one attached hydrogen (secondary N) is 1. The number of halogens is 1. The van der Waals surface area contributed by atoms with Crippen molar-refractivity contribution >= 4 is 17.5 Å². The highest BCUT2D eigenvalue weighted by Crippen LogP contribution is 2.31. The summed E-state index contributed by atoms with van der Waals surface area (Å²) in [6, 6.07) is 7.48. The van der Waals surface area contributed by atoms with Gasteiger partial charge in [0.05, 0.1) is 6.10 Å². The van der Waals surface area contributed by atoms with Crippen molar-refractivity contribution < 1.29 is 9.90 Å². The first-order valence-electron chi connectivity index (χ1n) is 9.28. The van der Waals surface area contributed by atoms with Crippen molar-refractivity contribution in [3.05, 3.63) is 34.9 Å². The molecular weight excluding hydrogens is 338 g/mol. The molecule has 138 valence electrons. The molecule has 0 aliphatic carbocycles. The first-order chi connectivity index (χ1) is 12.1. The molecule has 0 radical (unpaired) electrons.